The fourth-order valence-electron chi connectivity index (χ4n) is 3.30. The van der Waals surface area contributed by atoms with Crippen LogP contribution in [0.25, 0.3) is 11.0 Å². The lowest BCUT2D eigenvalue weighted by molar-refractivity contribution is -0.0296. The maximum Gasteiger partial charge on any atom is 0.287 e. The number of carbonyl (C=O) groups excluding carboxylic acids is 1. The van der Waals surface area contributed by atoms with Crippen molar-refractivity contribution in [1.82, 2.24) is 10.2 Å². The van der Waals surface area contributed by atoms with E-state index < -0.39 is 5.82 Å². The van der Waals surface area contributed by atoms with E-state index in [0.717, 1.165) is 19.6 Å². The monoisotopic (exact) mass is 348 g/mol. The van der Waals surface area contributed by atoms with Crippen molar-refractivity contribution in [2.45, 2.75) is 26.9 Å². The van der Waals surface area contributed by atoms with Gasteiger partial charge >= 0.3 is 0 Å². The van der Waals surface area contributed by atoms with E-state index in [0.29, 0.717) is 30.0 Å². The first-order chi connectivity index (χ1) is 12.0. The second kappa shape index (κ2) is 7.54. The van der Waals surface area contributed by atoms with E-state index in [2.05, 4.69) is 24.1 Å². The maximum absolute atomic E-state index is 13.8. The number of benzene rings is 1. The largest absolute Gasteiger partial charge is 0.448 e. The van der Waals surface area contributed by atoms with Crippen molar-refractivity contribution >= 4 is 16.9 Å². The fourth-order valence-corrected chi connectivity index (χ4v) is 3.30. The number of hydrogen-bond acceptors (Lipinski definition) is 4. The number of nitrogens with one attached hydrogen (secondary N) is 1. The zero-order valence-corrected chi connectivity index (χ0v) is 15.0. The Labute approximate surface area is 147 Å². The van der Waals surface area contributed by atoms with Crippen molar-refractivity contribution in [1.29, 1.82) is 0 Å². The molecule has 0 unspecified atom stereocenters. The highest BCUT2D eigenvalue weighted by atomic mass is 19.1. The van der Waals surface area contributed by atoms with Crippen LogP contribution in [-0.2, 0) is 4.74 Å². The van der Waals surface area contributed by atoms with Gasteiger partial charge in [0.25, 0.3) is 5.91 Å². The van der Waals surface area contributed by atoms with Crippen LogP contribution in [0.4, 0.5) is 4.39 Å². The number of rotatable bonds is 5. The first kappa shape index (κ1) is 17.9. The number of aryl methyl sites for hydroxylation is 1. The molecule has 136 valence electrons. The Morgan fingerprint density at radius 2 is 2.24 bits per heavy atom. The van der Waals surface area contributed by atoms with Crippen LogP contribution >= 0.6 is 0 Å². The number of ether oxygens (including phenoxy) is 1. The quantitative estimate of drug-likeness (QED) is 0.903. The summed E-state index contributed by atoms with van der Waals surface area (Å²) in [4.78, 5) is 14.8. The SMILES string of the molecule is Cc1c(C(=O)NC[C@@H]2CN(CC(C)C)CCO2)oc2c(F)cccc12. The lowest BCUT2D eigenvalue weighted by Crippen LogP contribution is -2.48. The van der Waals surface area contributed by atoms with Crippen LogP contribution in [0, 0.1) is 18.7 Å². The molecule has 1 aliphatic rings. The molecule has 1 fully saturated rings. The summed E-state index contributed by atoms with van der Waals surface area (Å²) in [5.74, 6) is -0.0337. The van der Waals surface area contributed by atoms with Crippen molar-refractivity contribution in [3.8, 4) is 0 Å². The van der Waals surface area contributed by atoms with Gasteiger partial charge in [-0.15, -0.1) is 0 Å². The number of furan rings is 1. The van der Waals surface area contributed by atoms with Crippen LogP contribution in [0.5, 0.6) is 0 Å². The zero-order valence-electron chi connectivity index (χ0n) is 15.0. The van der Waals surface area contributed by atoms with Crippen LogP contribution < -0.4 is 5.32 Å². The second-order valence-electron chi connectivity index (χ2n) is 7.03. The number of carbonyl (C=O) groups is 1. The number of hydrogen-bond donors (Lipinski definition) is 1. The lowest BCUT2D eigenvalue weighted by atomic mass is 10.1. The highest BCUT2D eigenvalue weighted by Gasteiger charge is 2.24. The molecular formula is C19H25FN2O3. The molecular weight excluding hydrogens is 323 g/mol. The number of fused-ring (bicyclic) bond motifs is 1. The van der Waals surface area contributed by atoms with E-state index in [1.54, 1.807) is 19.1 Å². The maximum atomic E-state index is 13.8. The summed E-state index contributed by atoms with van der Waals surface area (Å²) in [7, 11) is 0. The van der Waals surface area contributed by atoms with Gasteiger partial charge in [-0.1, -0.05) is 26.0 Å². The van der Waals surface area contributed by atoms with E-state index >= 15 is 0 Å². The van der Waals surface area contributed by atoms with Gasteiger partial charge in [0.05, 0.1) is 12.7 Å². The number of para-hydroxylation sites is 1. The summed E-state index contributed by atoms with van der Waals surface area (Å²) < 4.78 is 25.0. The Balaban J connectivity index is 1.63. The number of nitrogens with zero attached hydrogens (tertiary/aromatic N) is 1. The van der Waals surface area contributed by atoms with Gasteiger partial charge in [0.15, 0.2) is 17.2 Å². The second-order valence-corrected chi connectivity index (χ2v) is 7.03. The van der Waals surface area contributed by atoms with Crippen LogP contribution in [0.15, 0.2) is 22.6 Å². The summed E-state index contributed by atoms with van der Waals surface area (Å²) in [6.45, 7) is 9.97. The van der Waals surface area contributed by atoms with E-state index in [-0.39, 0.29) is 23.4 Å². The molecule has 0 spiro atoms. The van der Waals surface area contributed by atoms with Crippen molar-refractivity contribution in [2.24, 2.45) is 5.92 Å². The molecule has 1 aromatic carbocycles. The molecule has 1 N–H and O–H groups in total. The molecule has 2 aromatic rings. The van der Waals surface area contributed by atoms with Gasteiger partial charge in [-0.3, -0.25) is 9.69 Å². The van der Waals surface area contributed by atoms with Crippen molar-refractivity contribution in [3.63, 3.8) is 0 Å². The predicted molar refractivity (Wildman–Crippen MR) is 94.3 cm³/mol. The average molecular weight is 348 g/mol. The van der Waals surface area contributed by atoms with E-state index in [1.807, 2.05) is 0 Å². The topological polar surface area (TPSA) is 54.7 Å². The average Bonchev–Trinajstić information content (AvgIpc) is 2.91. The van der Waals surface area contributed by atoms with Crippen molar-refractivity contribution in [3.05, 3.63) is 35.3 Å². The third kappa shape index (κ3) is 4.02. The van der Waals surface area contributed by atoms with Crippen LogP contribution in [-0.4, -0.2) is 49.7 Å². The zero-order chi connectivity index (χ0) is 18.0. The number of morpholine rings is 1. The summed E-state index contributed by atoms with van der Waals surface area (Å²) in [5, 5.41) is 3.48. The van der Waals surface area contributed by atoms with Crippen molar-refractivity contribution < 1.29 is 18.3 Å². The minimum Gasteiger partial charge on any atom is -0.448 e. The summed E-state index contributed by atoms with van der Waals surface area (Å²) in [5.41, 5.74) is 0.778. The molecule has 3 rings (SSSR count). The third-order valence-corrected chi connectivity index (χ3v) is 4.46. The molecule has 0 bridgehead atoms. The first-order valence-corrected chi connectivity index (χ1v) is 8.75. The van der Waals surface area contributed by atoms with Gasteiger partial charge in [-0.25, -0.2) is 4.39 Å². The standard InChI is InChI=1S/C19H25FN2O3/c1-12(2)10-22-7-8-24-14(11-22)9-21-19(23)17-13(3)15-5-4-6-16(20)18(15)25-17/h4-6,12,14H,7-11H2,1-3H3,(H,21,23)/t14-/m1/s1. The molecule has 2 heterocycles. The Morgan fingerprint density at radius 3 is 2.96 bits per heavy atom. The molecule has 1 saturated heterocycles. The highest BCUT2D eigenvalue weighted by Crippen LogP contribution is 2.27. The Morgan fingerprint density at radius 1 is 1.44 bits per heavy atom. The molecule has 0 radical (unpaired) electrons. The van der Waals surface area contributed by atoms with Crippen LogP contribution in [0.1, 0.15) is 30.0 Å². The molecule has 1 aliphatic heterocycles. The Bertz CT molecular complexity index is 756. The van der Waals surface area contributed by atoms with E-state index in [4.69, 9.17) is 9.15 Å². The predicted octanol–water partition coefficient (Wildman–Crippen LogP) is 2.97. The lowest BCUT2D eigenvalue weighted by Gasteiger charge is -2.33. The van der Waals surface area contributed by atoms with Gasteiger partial charge in [-0.2, -0.15) is 0 Å². The first-order valence-electron chi connectivity index (χ1n) is 8.75. The Kier molecular flexibility index (Phi) is 5.39. The number of amides is 1. The summed E-state index contributed by atoms with van der Waals surface area (Å²) in [6, 6.07) is 4.69. The van der Waals surface area contributed by atoms with E-state index in [1.165, 1.54) is 6.07 Å². The number of halogens is 1. The smallest absolute Gasteiger partial charge is 0.287 e. The van der Waals surface area contributed by atoms with Gasteiger partial charge < -0.3 is 14.5 Å². The normalized spacial score (nSPS) is 18.8. The molecule has 1 aromatic heterocycles. The van der Waals surface area contributed by atoms with Gasteiger partial charge in [-0.05, 0) is 18.9 Å². The Hall–Kier alpha value is -1.92. The van der Waals surface area contributed by atoms with Crippen LogP contribution in [0.2, 0.25) is 0 Å². The molecule has 1 atom stereocenters. The summed E-state index contributed by atoms with van der Waals surface area (Å²) in [6.07, 6.45) is -0.0436. The molecule has 0 saturated carbocycles. The van der Waals surface area contributed by atoms with E-state index in [9.17, 15) is 9.18 Å². The fraction of sp³-hybridized carbons (Fsp3) is 0.526. The molecule has 0 aliphatic carbocycles. The third-order valence-electron chi connectivity index (χ3n) is 4.46. The van der Waals surface area contributed by atoms with Gasteiger partial charge in [0.1, 0.15) is 0 Å². The van der Waals surface area contributed by atoms with Gasteiger partial charge in [0, 0.05) is 37.1 Å². The van der Waals surface area contributed by atoms with Crippen molar-refractivity contribution in [2.75, 3.05) is 32.8 Å². The minimum atomic E-state index is -0.459. The van der Waals surface area contributed by atoms with Crippen LogP contribution in [0.3, 0.4) is 0 Å². The highest BCUT2D eigenvalue weighted by molar-refractivity contribution is 5.99. The molecule has 5 nitrogen and oxygen atoms in total. The molecule has 6 heteroatoms. The molecule has 1 amide bonds. The molecule has 25 heavy (non-hydrogen) atoms. The minimum absolute atomic E-state index is 0.0436. The van der Waals surface area contributed by atoms with Gasteiger partial charge in [0.2, 0.25) is 0 Å². The summed E-state index contributed by atoms with van der Waals surface area (Å²) >= 11 is 0.